The fourth-order valence-corrected chi connectivity index (χ4v) is 1.70. The molecule has 0 N–H and O–H groups in total. The summed E-state index contributed by atoms with van der Waals surface area (Å²) < 4.78 is 0. The summed E-state index contributed by atoms with van der Waals surface area (Å²) >= 11 is 0. The summed E-state index contributed by atoms with van der Waals surface area (Å²) in [5, 5.41) is 4.20. The standard InChI is InChI=1S/C16H18N2O/c1-4-19-18-16(14-8-5-12(2)6-9-14)15-10-7-13(3)11-17-15/h5-11H,4H2,1-3H3/b18-16-. The molecule has 0 amide bonds. The van der Waals surface area contributed by atoms with Gasteiger partial charge in [0.15, 0.2) is 0 Å². The molecule has 2 rings (SSSR count). The molecule has 98 valence electrons. The van der Waals surface area contributed by atoms with Crippen molar-refractivity contribution in [1.82, 2.24) is 4.98 Å². The van der Waals surface area contributed by atoms with Crippen LogP contribution in [0.2, 0.25) is 0 Å². The first-order valence-electron chi connectivity index (χ1n) is 6.40. The van der Waals surface area contributed by atoms with Gasteiger partial charge in [0.1, 0.15) is 12.3 Å². The highest BCUT2D eigenvalue weighted by Crippen LogP contribution is 2.11. The van der Waals surface area contributed by atoms with Gasteiger partial charge < -0.3 is 4.84 Å². The second kappa shape index (κ2) is 6.14. The number of hydrogen-bond donors (Lipinski definition) is 0. The molecule has 3 heteroatoms. The number of aromatic nitrogens is 1. The lowest BCUT2D eigenvalue weighted by molar-refractivity contribution is 0.159. The minimum atomic E-state index is 0.543. The number of rotatable bonds is 4. The van der Waals surface area contributed by atoms with Crippen LogP contribution in [-0.4, -0.2) is 17.3 Å². The van der Waals surface area contributed by atoms with Gasteiger partial charge in [-0.25, -0.2) is 0 Å². The van der Waals surface area contributed by atoms with E-state index in [0.29, 0.717) is 6.61 Å². The van der Waals surface area contributed by atoms with Crippen LogP contribution in [0.25, 0.3) is 0 Å². The molecule has 0 saturated carbocycles. The number of hydrogen-bond acceptors (Lipinski definition) is 3. The van der Waals surface area contributed by atoms with Crippen LogP contribution in [0.3, 0.4) is 0 Å². The zero-order valence-corrected chi connectivity index (χ0v) is 11.6. The highest BCUT2D eigenvalue weighted by molar-refractivity contribution is 6.11. The summed E-state index contributed by atoms with van der Waals surface area (Å²) in [5.74, 6) is 0. The molecule has 0 aliphatic carbocycles. The SMILES string of the molecule is CCO/N=C(/c1ccc(C)cc1)c1ccc(C)cn1. The van der Waals surface area contributed by atoms with Gasteiger partial charge in [-0.05, 0) is 32.4 Å². The highest BCUT2D eigenvalue weighted by atomic mass is 16.6. The Labute approximate surface area is 113 Å². The number of nitrogens with zero attached hydrogens (tertiary/aromatic N) is 2. The fraction of sp³-hybridized carbons (Fsp3) is 0.250. The Morgan fingerprint density at radius 1 is 1.05 bits per heavy atom. The van der Waals surface area contributed by atoms with Crippen LogP contribution in [-0.2, 0) is 4.84 Å². The van der Waals surface area contributed by atoms with E-state index < -0.39 is 0 Å². The van der Waals surface area contributed by atoms with E-state index in [1.165, 1.54) is 5.56 Å². The number of aryl methyl sites for hydroxylation is 2. The van der Waals surface area contributed by atoms with Crippen LogP contribution >= 0.6 is 0 Å². The van der Waals surface area contributed by atoms with E-state index in [2.05, 4.69) is 29.2 Å². The largest absolute Gasteiger partial charge is 0.396 e. The van der Waals surface area contributed by atoms with Crippen molar-refractivity contribution in [1.29, 1.82) is 0 Å². The summed E-state index contributed by atoms with van der Waals surface area (Å²) in [6.45, 7) is 6.54. The van der Waals surface area contributed by atoms with Crippen molar-refractivity contribution in [3.8, 4) is 0 Å². The van der Waals surface area contributed by atoms with E-state index in [1.54, 1.807) is 0 Å². The van der Waals surface area contributed by atoms with Crippen LogP contribution in [0.5, 0.6) is 0 Å². The molecule has 0 bridgehead atoms. The topological polar surface area (TPSA) is 34.5 Å². The van der Waals surface area contributed by atoms with Crippen molar-refractivity contribution in [3.05, 3.63) is 65.0 Å². The second-order valence-corrected chi connectivity index (χ2v) is 4.44. The Hall–Kier alpha value is -2.16. The van der Waals surface area contributed by atoms with Gasteiger partial charge in [0, 0.05) is 11.8 Å². The minimum Gasteiger partial charge on any atom is -0.396 e. The Bertz CT molecular complexity index is 509. The Morgan fingerprint density at radius 2 is 1.74 bits per heavy atom. The highest BCUT2D eigenvalue weighted by Gasteiger charge is 2.09. The smallest absolute Gasteiger partial charge is 0.135 e. The maximum absolute atomic E-state index is 5.21. The molecule has 0 aliphatic heterocycles. The van der Waals surface area contributed by atoms with Crippen LogP contribution in [0.4, 0.5) is 0 Å². The van der Waals surface area contributed by atoms with Crippen LogP contribution in [0.15, 0.2) is 47.8 Å². The van der Waals surface area contributed by atoms with E-state index in [4.69, 9.17) is 4.84 Å². The predicted molar refractivity (Wildman–Crippen MR) is 77.4 cm³/mol. The van der Waals surface area contributed by atoms with E-state index in [0.717, 1.165) is 22.5 Å². The monoisotopic (exact) mass is 254 g/mol. The lowest BCUT2D eigenvalue weighted by atomic mass is 10.0. The second-order valence-electron chi connectivity index (χ2n) is 4.44. The van der Waals surface area contributed by atoms with E-state index >= 15 is 0 Å². The lowest BCUT2D eigenvalue weighted by Gasteiger charge is -2.07. The molecule has 2 aromatic rings. The summed E-state index contributed by atoms with van der Waals surface area (Å²) in [6, 6.07) is 12.2. The average molecular weight is 254 g/mol. The molecule has 0 radical (unpaired) electrons. The van der Waals surface area contributed by atoms with Gasteiger partial charge in [0.05, 0.1) is 5.69 Å². The van der Waals surface area contributed by atoms with Gasteiger partial charge in [0.25, 0.3) is 0 Å². The van der Waals surface area contributed by atoms with Gasteiger partial charge in [-0.15, -0.1) is 0 Å². The van der Waals surface area contributed by atoms with Crippen molar-refractivity contribution in [2.45, 2.75) is 20.8 Å². The molecule has 0 saturated heterocycles. The van der Waals surface area contributed by atoms with Crippen LogP contribution in [0, 0.1) is 13.8 Å². The molecule has 1 aromatic carbocycles. The normalized spacial score (nSPS) is 11.4. The van der Waals surface area contributed by atoms with Crippen LogP contribution in [0.1, 0.15) is 29.3 Å². The van der Waals surface area contributed by atoms with Gasteiger partial charge in [-0.2, -0.15) is 0 Å². The third-order valence-electron chi connectivity index (χ3n) is 2.76. The van der Waals surface area contributed by atoms with E-state index in [1.807, 2.05) is 44.3 Å². The zero-order chi connectivity index (χ0) is 13.7. The molecule has 0 aliphatic rings. The van der Waals surface area contributed by atoms with Crippen molar-refractivity contribution in [3.63, 3.8) is 0 Å². The molecule has 0 atom stereocenters. The Morgan fingerprint density at radius 3 is 2.32 bits per heavy atom. The maximum Gasteiger partial charge on any atom is 0.135 e. The number of benzene rings is 1. The first-order chi connectivity index (χ1) is 9.20. The van der Waals surface area contributed by atoms with Crippen molar-refractivity contribution < 1.29 is 4.84 Å². The van der Waals surface area contributed by atoms with Gasteiger partial charge in [-0.3, -0.25) is 4.98 Å². The van der Waals surface area contributed by atoms with E-state index in [-0.39, 0.29) is 0 Å². The quantitative estimate of drug-likeness (QED) is 0.618. The first-order valence-corrected chi connectivity index (χ1v) is 6.40. The first kappa shape index (κ1) is 13.3. The summed E-state index contributed by atoms with van der Waals surface area (Å²) in [5.41, 5.74) is 4.94. The molecule has 0 fully saturated rings. The minimum absolute atomic E-state index is 0.543. The van der Waals surface area contributed by atoms with Gasteiger partial charge in [0.2, 0.25) is 0 Å². The molecule has 1 heterocycles. The molecule has 1 aromatic heterocycles. The summed E-state index contributed by atoms with van der Waals surface area (Å²) in [7, 11) is 0. The van der Waals surface area contributed by atoms with Crippen molar-refractivity contribution in [2.75, 3.05) is 6.61 Å². The Balaban J connectivity index is 2.41. The van der Waals surface area contributed by atoms with Gasteiger partial charge >= 0.3 is 0 Å². The summed E-state index contributed by atoms with van der Waals surface area (Å²) in [6.07, 6.45) is 1.84. The molecular formula is C16H18N2O. The maximum atomic E-state index is 5.21. The molecule has 19 heavy (non-hydrogen) atoms. The lowest BCUT2D eigenvalue weighted by Crippen LogP contribution is -2.07. The molecular weight excluding hydrogens is 236 g/mol. The van der Waals surface area contributed by atoms with Crippen molar-refractivity contribution in [2.24, 2.45) is 5.16 Å². The molecule has 3 nitrogen and oxygen atoms in total. The third-order valence-corrected chi connectivity index (χ3v) is 2.76. The number of pyridine rings is 1. The molecule has 0 unspecified atom stereocenters. The number of oxime groups is 1. The predicted octanol–water partition coefficient (Wildman–Crippen LogP) is 3.49. The van der Waals surface area contributed by atoms with Crippen LogP contribution < -0.4 is 0 Å². The Kier molecular flexibility index (Phi) is 4.29. The molecule has 0 spiro atoms. The van der Waals surface area contributed by atoms with Gasteiger partial charge in [-0.1, -0.05) is 41.1 Å². The third kappa shape index (κ3) is 3.41. The summed E-state index contributed by atoms with van der Waals surface area (Å²) in [4.78, 5) is 9.63. The fourth-order valence-electron chi connectivity index (χ4n) is 1.70. The van der Waals surface area contributed by atoms with E-state index in [9.17, 15) is 0 Å². The average Bonchev–Trinajstić information content (AvgIpc) is 2.43. The zero-order valence-electron chi connectivity index (χ0n) is 11.6. The van der Waals surface area contributed by atoms with Crippen molar-refractivity contribution >= 4 is 5.71 Å².